The molecule has 11 aromatic rings. The van der Waals surface area contributed by atoms with Gasteiger partial charge in [-0.05, 0) is 128 Å². The number of anilines is 3. The maximum Gasteiger partial charge on any atom is 0.0714 e. The lowest BCUT2D eigenvalue weighted by Gasteiger charge is -2.35. The van der Waals surface area contributed by atoms with Crippen LogP contribution in [0.3, 0.4) is 0 Å². The quantitative estimate of drug-likeness (QED) is 0.155. The zero-order chi connectivity index (χ0) is 42.6. The number of rotatable bonds is 7. The van der Waals surface area contributed by atoms with Crippen molar-refractivity contribution in [1.82, 2.24) is 4.57 Å². The molecule has 3 aliphatic rings. The number of hydrogen-bond acceptors (Lipinski definition) is 2. The van der Waals surface area contributed by atoms with E-state index in [0.29, 0.717) is 11.8 Å². The highest BCUT2D eigenvalue weighted by Gasteiger charge is 2.51. The number of fused-ring (bicyclic) bond motifs is 13. The zero-order valence-electron chi connectivity index (χ0n) is 35.6. The number of nitrogens with zero attached hydrogens (tertiary/aromatic N) is 2. The van der Waals surface area contributed by atoms with E-state index in [2.05, 4.69) is 240 Å². The van der Waals surface area contributed by atoms with Crippen molar-refractivity contribution in [3.8, 4) is 38.4 Å². The third kappa shape index (κ3) is 5.34. The molecule has 2 atom stereocenters. The van der Waals surface area contributed by atoms with Gasteiger partial charge in [-0.2, -0.15) is 0 Å². The molecule has 14 rings (SSSR count). The largest absolute Gasteiger partial charge is 0.313 e. The van der Waals surface area contributed by atoms with Gasteiger partial charge >= 0.3 is 0 Å². The van der Waals surface area contributed by atoms with E-state index in [9.17, 15) is 0 Å². The maximum atomic E-state index is 2.59. The molecule has 1 saturated carbocycles. The fraction of sp³-hybridized carbons (Fsp3) is 0.0645. The first-order valence-electron chi connectivity index (χ1n) is 22.8. The molecule has 0 radical (unpaired) electrons. The number of hydrogen-bond donors (Lipinski definition) is 0. The van der Waals surface area contributed by atoms with Crippen molar-refractivity contribution < 1.29 is 0 Å². The van der Waals surface area contributed by atoms with Crippen molar-refractivity contribution in [3.05, 3.63) is 264 Å². The van der Waals surface area contributed by atoms with Crippen LogP contribution < -0.4 is 4.90 Å². The van der Waals surface area contributed by atoms with Crippen LogP contribution >= 0.6 is 11.3 Å². The molecule has 0 saturated heterocycles. The molecular weight excluding hydrogens is 805 g/mol. The highest BCUT2D eigenvalue weighted by atomic mass is 32.1. The standard InChI is InChI=1S/C62H42N2S/c1-5-17-40(18-6-1)41-29-31-45(32-30-41)63(47-33-35-49-48-25-13-15-27-54(48)62(55(49)38-47,42-19-7-2-8-20-42)43-21-9-3-10-22-43)46-34-36-56-53(37-46)59-60(64(56)44-23-11-4-12-24-44)52-39-51(52)58-50-26-14-16-28-57(50)65-61(58)59/h1-38,51-52H,39H2. The molecule has 0 amide bonds. The molecule has 3 aliphatic carbocycles. The lowest BCUT2D eigenvalue weighted by Crippen LogP contribution is -2.28. The normalized spacial score (nSPS) is 16.1. The van der Waals surface area contributed by atoms with E-state index >= 15 is 0 Å². The molecular formula is C62H42N2S. The summed E-state index contributed by atoms with van der Waals surface area (Å²) in [5.74, 6) is 1.06. The third-order valence-corrected chi connectivity index (χ3v) is 15.8. The highest BCUT2D eigenvalue weighted by molar-refractivity contribution is 7.22. The van der Waals surface area contributed by atoms with Gasteiger partial charge in [-0.15, -0.1) is 11.3 Å². The lowest BCUT2D eigenvalue weighted by molar-refractivity contribution is 0.768. The predicted molar refractivity (Wildman–Crippen MR) is 272 cm³/mol. The molecule has 1 fully saturated rings. The van der Waals surface area contributed by atoms with Crippen LogP contribution in [0, 0.1) is 0 Å². The minimum Gasteiger partial charge on any atom is -0.313 e. The van der Waals surface area contributed by atoms with Gasteiger partial charge in [0.2, 0.25) is 0 Å². The Morgan fingerprint density at radius 2 is 1.05 bits per heavy atom. The molecule has 0 N–H and O–H groups in total. The topological polar surface area (TPSA) is 8.17 Å². The van der Waals surface area contributed by atoms with Gasteiger partial charge in [0, 0.05) is 54.9 Å². The third-order valence-electron chi connectivity index (χ3n) is 14.6. The van der Waals surface area contributed by atoms with Gasteiger partial charge in [-0.3, -0.25) is 0 Å². The highest BCUT2D eigenvalue weighted by Crippen LogP contribution is 2.67. The van der Waals surface area contributed by atoms with Crippen LogP contribution in [0.1, 0.15) is 51.8 Å². The van der Waals surface area contributed by atoms with Gasteiger partial charge in [0.25, 0.3) is 0 Å². The summed E-state index contributed by atoms with van der Waals surface area (Å²) >= 11 is 1.98. The average Bonchev–Trinajstić information content (AvgIpc) is 3.83. The van der Waals surface area contributed by atoms with Gasteiger partial charge < -0.3 is 9.47 Å². The molecule has 0 spiro atoms. The first kappa shape index (κ1) is 36.7. The van der Waals surface area contributed by atoms with E-state index in [1.165, 1.54) is 93.7 Å². The zero-order valence-corrected chi connectivity index (χ0v) is 36.4. The lowest BCUT2D eigenvalue weighted by atomic mass is 9.67. The van der Waals surface area contributed by atoms with Gasteiger partial charge in [-0.1, -0.05) is 170 Å². The van der Waals surface area contributed by atoms with Gasteiger partial charge in [0.05, 0.1) is 10.9 Å². The molecule has 9 aromatic carbocycles. The summed E-state index contributed by atoms with van der Waals surface area (Å²) in [4.78, 5) is 3.94. The van der Waals surface area contributed by atoms with Crippen LogP contribution in [0.4, 0.5) is 17.1 Å². The molecule has 0 bridgehead atoms. The smallest absolute Gasteiger partial charge is 0.0714 e. The minimum absolute atomic E-state index is 0.496. The van der Waals surface area contributed by atoms with E-state index in [1.54, 1.807) is 5.56 Å². The Labute approximate surface area is 383 Å². The van der Waals surface area contributed by atoms with Crippen molar-refractivity contribution in [2.24, 2.45) is 0 Å². The van der Waals surface area contributed by atoms with Crippen LogP contribution in [-0.2, 0) is 5.41 Å². The second-order valence-corrected chi connectivity index (χ2v) is 19.0. The Hall–Kier alpha value is -7.72. The SMILES string of the molecule is c1ccc(-c2ccc(N(c3ccc4c(c3)C(c3ccccc3)(c3ccccc3)c3ccccc3-4)c3ccc4c(c3)c3c(n4-c4ccccc4)C4CC4c4c-3sc3ccccc43)cc2)cc1. The van der Waals surface area contributed by atoms with Gasteiger partial charge in [-0.25, -0.2) is 0 Å². The average molecular weight is 847 g/mol. The summed E-state index contributed by atoms with van der Waals surface area (Å²) in [5, 5.41) is 2.74. The Morgan fingerprint density at radius 3 is 1.80 bits per heavy atom. The number of para-hydroxylation sites is 1. The van der Waals surface area contributed by atoms with E-state index < -0.39 is 5.41 Å². The number of aromatic nitrogens is 1. The van der Waals surface area contributed by atoms with Crippen LogP contribution in [-0.4, -0.2) is 4.57 Å². The second kappa shape index (κ2) is 14.1. The molecule has 3 heteroatoms. The fourth-order valence-electron chi connectivity index (χ4n) is 11.8. The summed E-state index contributed by atoms with van der Waals surface area (Å²) in [6.07, 6.45) is 1.19. The Morgan fingerprint density at radius 1 is 0.462 bits per heavy atom. The van der Waals surface area contributed by atoms with Gasteiger partial charge in [0.1, 0.15) is 0 Å². The number of benzene rings is 9. The van der Waals surface area contributed by atoms with Crippen molar-refractivity contribution in [2.45, 2.75) is 23.7 Å². The predicted octanol–water partition coefficient (Wildman–Crippen LogP) is 16.6. The molecule has 2 aromatic heterocycles. The minimum atomic E-state index is -0.512. The van der Waals surface area contributed by atoms with E-state index in [-0.39, 0.29) is 0 Å². The van der Waals surface area contributed by atoms with E-state index in [1.807, 2.05) is 11.3 Å². The summed E-state index contributed by atoms with van der Waals surface area (Å²) < 4.78 is 3.97. The van der Waals surface area contributed by atoms with E-state index in [4.69, 9.17) is 0 Å². The molecule has 0 aliphatic heterocycles. The van der Waals surface area contributed by atoms with Gasteiger partial charge in [0.15, 0.2) is 0 Å². The summed E-state index contributed by atoms with van der Waals surface area (Å²) in [5.41, 5.74) is 19.9. The van der Waals surface area contributed by atoms with Crippen LogP contribution in [0.5, 0.6) is 0 Å². The van der Waals surface area contributed by atoms with Crippen LogP contribution in [0.2, 0.25) is 0 Å². The molecule has 306 valence electrons. The fourth-order valence-corrected chi connectivity index (χ4v) is 13.1. The van der Waals surface area contributed by atoms with Crippen molar-refractivity contribution >= 4 is 49.4 Å². The van der Waals surface area contributed by atoms with Crippen molar-refractivity contribution in [2.75, 3.05) is 4.90 Å². The number of thiophene rings is 1. The Balaban J connectivity index is 1.03. The molecule has 2 nitrogen and oxygen atoms in total. The second-order valence-electron chi connectivity index (χ2n) is 17.9. The van der Waals surface area contributed by atoms with E-state index in [0.717, 1.165) is 17.1 Å². The first-order valence-corrected chi connectivity index (χ1v) is 23.6. The van der Waals surface area contributed by atoms with Crippen LogP contribution in [0.15, 0.2) is 231 Å². The molecule has 65 heavy (non-hydrogen) atoms. The van der Waals surface area contributed by atoms with Crippen LogP contribution in [0.25, 0.3) is 59.4 Å². The Bertz CT molecular complexity index is 3580. The molecule has 2 unspecified atom stereocenters. The summed E-state index contributed by atoms with van der Waals surface area (Å²) in [7, 11) is 0. The summed E-state index contributed by atoms with van der Waals surface area (Å²) in [6.45, 7) is 0. The summed E-state index contributed by atoms with van der Waals surface area (Å²) in [6, 6.07) is 85.8. The first-order chi connectivity index (χ1) is 32.3. The Kier molecular flexibility index (Phi) is 7.99. The van der Waals surface area contributed by atoms with Crippen molar-refractivity contribution in [1.29, 1.82) is 0 Å². The molecule has 2 heterocycles. The maximum absolute atomic E-state index is 2.59. The monoisotopic (exact) mass is 846 g/mol. The van der Waals surface area contributed by atoms with Crippen molar-refractivity contribution in [3.63, 3.8) is 0 Å².